The number of hydrogen-bond donors (Lipinski definition) is 2. The summed E-state index contributed by atoms with van der Waals surface area (Å²) >= 11 is 0. The average molecular weight is 512 g/mol. The van der Waals surface area contributed by atoms with E-state index in [4.69, 9.17) is 0 Å². The quantitative estimate of drug-likeness (QED) is 0.499. The number of hydrogen-bond acceptors (Lipinski definition) is 5. The Kier molecular flexibility index (Phi) is 6.76. The van der Waals surface area contributed by atoms with Crippen molar-refractivity contribution in [3.63, 3.8) is 0 Å². The summed E-state index contributed by atoms with van der Waals surface area (Å²) in [4.78, 5) is 30.5. The van der Waals surface area contributed by atoms with E-state index in [2.05, 4.69) is 15.2 Å². The van der Waals surface area contributed by atoms with Crippen LogP contribution in [0.4, 0.5) is 13.2 Å². The van der Waals surface area contributed by atoms with Crippen LogP contribution in [0.25, 0.3) is 10.9 Å². The molecule has 2 fully saturated rings. The van der Waals surface area contributed by atoms with Gasteiger partial charge in [0.1, 0.15) is 0 Å². The topological polar surface area (TPSA) is 82.5 Å². The molecule has 1 aromatic heterocycles. The van der Waals surface area contributed by atoms with E-state index in [0.29, 0.717) is 32.4 Å². The van der Waals surface area contributed by atoms with Crippen molar-refractivity contribution in [2.75, 3.05) is 13.1 Å². The normalized spacial score (nSPS) is 23.6. The average Bonchev–Trinajstić information content (AvgIpc) is 3.05. The fourth-order valence-electron chi connectivity index (χ4n) is 5.32. The number of imide groups is 1. The van der Waals surface area contributed by atoms with Crippen LogP contribution in [0.5, 0.6) is 0 Å². The van der Waals surface area contributed by atoms with Crippen molar-refractivity contribution in [1.29, 1.82) is 0 Å². The maximum atomic E-state index is 12.9. The Morgan fingerprint density at radius 1 is 1.05 bits per heavy atom. The zero-order valence-electron chi connectivity index (χ0n) is 20.2. The number of benzene rings is 2. The van der Waals surface area contributed by atoms with Gasteiger partial charge >= 0.3 is 6.18 Å². The third kappa shape index (κ3) is 5.52. The van der Waals surface area contributed by atoms with Gasteiger partial charge in [-0.25, -0.2) is 0 Å². The predicted molar refractivity (Wildman–Crippen MR) is 131 cm³/mol. The summed E-state index contributed by atoms with van der Waals surface area (Å²) in [7, 11) is 0. The number of nitrogens with one attached hydrogen (secondary N) is 1. The summed E-state index contributed by atoms with van der Waals surface area (Å²) in [6.45, 7) is 1.85. The molecule has 9 heteroatoms. The van der Waals surface area contributed by atoms with E-state index in [1.165, 1.54) is 12.1 Å². The molecule has 0 aliphatic carbocycles. The van der Waals surface area contributed by atoms with Gasteiger partial charge in [0.25, 0.3) is 0 Å². The first kappa shape index (κ1) is 25.4. The van der Waals surface area contributed by atoms with Crippen LogP contribution < -0.4 is 5.32 Å². The van der Waals surface area contributed by atoms with Crippen molar-refractivity contribution in [3.8, 4) is 0 Å². The second-order valence-electron chi connectivity index (χ2n) is 10.0. The molecule has 0 bridgehead atoms. The van der Waals surface area contributed by atoms with Gasteiger partial charge in [0.2, 0.25) is 11.8 Å². The molecule has 0 radical (unpaired) electrons. The van der Waals surface area contributed by atoms with Crippen molar-refractivity contribution in [2.24, 2.45) is 0 Å². The lowest BCUT2D eigenvalue weighted by Crippen LogP contribution is -2.39. The number of aromatic nitrogens is 1. The highest BCUT2D eigenvalue weighted by atomic mass is 19.4. The summed E-state index contributed by atoms with van der Waals surface area (Å²) in [5, 5.41) is 14.8. The van der Waals surface area contributed by atoms with Crippen LogP contribution in [0.1, 0.15) is 60.3 Å². The summed E-state index contributed by atoms with van der Waals surface area (Å²) in [6, 6.07) is 12.8. The molecule has 2 aliphatic rings. The number of pyridine rings is 1. The van der Waals surface area contributed by atoms with Crippen LogP contribution in [-0.2, 0) is 27.9 Å². The Morgan fingerprint density at radius 3 is 2.57 bits per heavy atom. The second kappa shape index (κ2) is 9.87. The van der Waals surface area contributed by atoms with Crippen LogP contribution in [0.15, 0.2) is 54.7 Å². The highest BCUT2D eigenvalue weighted by Gasteiger charge is 2.33. The first-order valence-electron chi connectivity index (χ1n) is 12.5. The zero-order chi connectivity index (χ0) is 26.2. The Hall–Kier alpha value is -3.30. The number of rotatable bonds is 4. The zero-order valence-corrected chi connectivity index (χ0v) is 20.2. The third-order valence-electron chi connectivity index (χ3n) is 7.48. The molecule has 2 amide bonds. The number of halogens is 3. The van der Waals surface area contributed by atoms with Crippen LogP contribution in [0, 0.1) is 0 Å². The summed E-state index contributed by atoms with van der Waals surface area (Å²) in [5.74, 6) is -1.01. The number of amides is 2. The lowest BCUT2D eigenvalue weighted by atomic mass is 9.85. The summed E-state index contributed by atoms with van der Waals surface area (Å²) in [6.07, 6.45) is -0.171. The largest absolute Gasteiger partial charge is 0.416 e. The van der Waals surface area contributed by atoms with Gasteiger partial charge in [-0.15, -0.1) is 0 Å². The van der Waals surface area contributed by atoms with E-state index in [1.807, 2.05) is 24.3 Å². The maximum absolute atomic E-state index is 12.9. The van der Waals surface area contributed by atoms with E-state index >= 15 is 0 Å². The minimum atomic E-state index is -4.35. The molecular formula is C28H28F3N3O3. The molecule has 6 nitrogen and oxygen atoms in total. The van der Waals surface area contributed by atoms with Crippen LogP contribution in [0.3, 0.4) is 0 Å². The minimum Gasteiger partial charge on any atom is -0.385 e. The lowest BCUT2D eigenvalue weighted by Gasteiger charge is -2.28. The standard InChI is InChI=1S/C28H28F3N3O3/c29-28(30,31)21-4-2-18(3-5-21)17-34-12-1-10-27(37,11-13-34)22-6-8-24-19(15-22)14-20(16-32-24)23-7-9-25(35)33-26(23)36/h2-6,8,14-16,23,37H,1,7,9-13,17H2,(H,33,35,36). The van der Waals surface area contributed by atoms with Gasteiger partial charge in [-0.3, -0.25) is 24.8 Å². The number of carbonyl (C=O) groups excluding carboxylic acids is 2. The molecule has 2 N–H and O–H groups in total. The first-order chi connectivity index (χ1) is 17.6. The highest BCUT2D eigenvalue weighted by molar-refractivity contribution is 6.01. The van der Waals surface area contributed by atoms with E-state index < -0.39 is 23.3 Å². The van der Waals surface area contributed by atoms with Gasteiger partial charge in [0, 0.05) is 31.1 Å². The number of likely N-dealkylation sites (tertiary alicyclic amines) is 1. The van der Waals surface area contributed by atoms with Gasteiger partial charge in [0.15, 0.2) is 0 Å². The van der Waals surface area contributed by atoms with Crippen molar-refractivity contribution in [3.05, 3.63) is 77.0 Å². The van der Waals surface area contributed by atoms with E-state index in [0.717, 1.165) is 52.7 Å². The number of aliphatic hydroxyl groups is 1. The molecule has 2 aliphatic heterocycles. The number of nitrogens with zero attached hydrogens (tertiary/aromatic N) is 2. The molecule has 0 saturated carbocycles. The van der Waals surface area contributed by atoms with Gasteiger partial charge in [0.05, 0.1) is 22.6 Å². The highest BCUT2D eigenvalue weighted by Crippen LogP contribution is 2.36. The molecule has 3 aromatic rings. The molecule has 2 unspecified atom stereocenters. The molecule has 0 spiro atoms. The van der Waals surface area contributed by atoms with E-state index in [-0.39, 0.29) is 18.2 Å². The second-order valence-corrected chi connectivity index (χ2v) is 10.0. The van der Waals surface area contributed by atoms with E-state index in [9.17, 15) is 27.9 Å². The molecule has 2 aromatic carbocycles. The minimum absolute atomic E-state index is 0.264. The smallest absolute Gasteiger partial charge is 0.385 e. The molecule has 3 heterocycles. The Bertz CT molecular complexity index is 1330. The summed E-state index contributed by atoms with van der Waals surface area (Å²) in [5.41, 5.74) is 1.36. The monoisotopic (exact) mass is 511 g/mol. The van der Waals surface area contributed by atoms with Gasteiger partial charge in [-0.1, -0.05) is 18.2 Å². The maximum Gasteiger partial charge on any atom is 0.416 e. The van der Waals surface area contributed by atoms with Gasteiger partial charge < -0.3 is 5.11 Å². The SMILES string of the molecule is O=C1CCC(c2cnc3ccc(C4(O)CCCN(Cc5ccc(C(F)(F)F)cc5)CC4)cc3c2)C(=O)N1. The lowest BCUT2D eigenvalue weighted by molar-refractivity contribution is -0.138. The number of piperidine rings is 1. The molecule has 37 heavy (non-hydrogen) atoms. The van der Waals surface area contributed by atoms with Crippen LogP contribution in [0.2, 0.25) is 0 Å². The van der Waals surface area contributed by atoms with Gasteiger partial charge in [-0.05, 0) is 79.3 Å². The Morgan fingerprint density at radius 2 is 1.84 bits per heavy atom. The summed E-state index contributed by atoms with van der Waals surface area (Å²) < 4.78 is 38.6. The first-order valence-corrected chi connectivity index (χ1v) is 12.5. The van der Waals surface area contributed by atoms with Crippen LogP contribution >= 0.6 is 0 Å². The number of alkyl halides is 3. The predicted octanol–water partition coefficient (Wildman–Crippen LogP) is 4.65. The number of fused-ring (bicyclic) bond motifs is 1. The Balaban J connectivity index is 1.31. The number of carbonyl (C=O) groups is 2. The molecule has 2 saturated heterocycles. The van der Waals surface area contributed by atoms with Crippen LogP contribution in [-0.4, -0.2) is 39.9 Å². The molecular weight excluding hydrogens is 483 g/mol. The van der Waals surface area contributed by atoms with E-state index in [1.54, 1.807) is 6.20 Å². The van der Waals surface area contributed by atoms with Crippen molar-refractivity contribution >= 4 is 22.7 Å². The van der Waals surface area contributed by atoms with Crippen molar-refractivity contribution < 1.29 is 27.9 Å². The Labute approximate surface area is 212 Å². The van der Waals surface area contributed by atoms with Gasteiger partial charge in [-0.2, -0.15) is 13.2 Å². The fourth-order valence-corrected chi connectivity index (χ4v) is 5.32. The van der Waals surface area contributed by atoms with Crippen molar-refractivity contribution in [2.45, 2.75) is 56.3 Å². The molecule has 194 valence electrons. The molecule has 5 rings (SSSR count). The van der Waals surface area contributed by atoms with Crippen molar-refractivity contribution in [1.82, 2.24) is 15.2 Å². The third-order valence-corrected chi connectivity index (χ3v) is 7.48. The fraction of sp³-hybridized carbons (Fsp3) is 0.393. The molecule has 2 atom stereocenters.